The molecule has 1 heterocycles. The lowest BCUT2D eigenvalue weighted by molar-refractivity contribution is 0.0543. The second-order valence-electron chi connectivity index (χ2n) is 6.28. The summed E-state index contributed by atoms with van der Waals surface area (Å²) in [5, 5.41) is 0. The van der Waals surface area contributed by atoms with Crippen molar-refractivity contribution in [2.24, 2.45) is 0 Å². The molecule has 1 aliphatic heterocycles. The standard InChI is InChI=1S/C20H21BrN2O3/c1-15-13-17(21)7-8-18(15)19(24)22-9-11-23(12-10-22)20(25)26-14-16-5-3-2-4-6-16/h2-8,13H,9-12,14H2,1H3. The molecule has 136 valence electrons. The fraction of sp³-hybridized carbons (Fsp3) is 0.300. The van der Waals surface area contributed by atoms with Crippen LogP contribution in [-0.2, 0) is 11.3 Å². The number of hydrogen-bond donors (Lipinski definition) is 0. The second-order valence-corrected chi connectivity index (χ2v) is 7.19. The SMILES string of the molecule is Cc1cc(Br)ccc1C(=O)N1CCN(C(=O)OCc2ccccc2)CC1. The van der Waals surface area contributed by atoms with E-state index in [-0.39, 0.29) is 18.6 Å². The van der Waals surface area contributed by atoms with Crippen molar-refractivity contribution in [3.05, 3.63) is 69.7 Å². The number of nitrogens with zero attached hydrogens (tertiary/aromatic N) is 2. The van der Waals surface area contributed by atoms with E-state index in [9.17, 15) is 9.59 Å². The van der Waals surface area contributed by atoms with E-state index in [0.29, 0.717) is 31.7 Å². The number of amides is 2. The number of hydrogen-bond acceptors (Lipinski definition) is 3. The van der Waals surface area contributed by atoms with Crippen molar-refractivity contribution in [3.8, 4) is 0 Å². The van der Waals surface area contributed by atoms with E-state index in [4.69, 9.17) is 4.74 Å². The number of halogens is 1. The third-order valence-electron chi connectivity index (χ3n) is 4.45. The van der Waals surface area contributed by atoms with Crippen LogP contribution >= 0.6 is 15.9 Å². The number of ether oxygens (including phenoxy) is 1. The first-order valence-corrected chi connectivity index (χ1v) is 9.35. The molecule has 0 unspecified atom stereocenters. The third-order valence-corrected chi connectivity index (χ3v) is 4.94. The first-order valence-electron chi connectivity index (χ1n) is 8.55. The molecule has 5 nitrogen and oxygen atoms in total. The molecular weight excluding hydrogens is 396 g/mol. The zero-order valence-electron chi connectivity index (χ0n) is 14.7. The second kappa shape index (κ2) is 8.36. The van der Waals surface area contributed by atoms with Gasteiger partial charge in [-0.1, -0.05) is 46.3 Å². The first kappa shape index (κ1) is 18.5. The van der Waals surface area contributed by atoms with E-state index < -0.39 is 0 Å². The van der Waals surface area contributed by atoms with Crippen LogP contribution in [0.4, 0.5) is 4.79 Å². The lowest BCUT2D eigenvalue weighted by Crippen LogP contribution is -2.50. The summed E-state index contributed by atoms with van der Waals surface area (Å²) in [6, 6.07) is 15.2. The van der Waals surface area contributed by atoms with Crippen LogP contribution in [0, 0.1) is 6.92 Å². The Bertz CT molecular complexity index is 787. The van der Waals surface area contributed by atoms with Crippen LogP contribution in [-0.4, -0.2) is 48.0 Å². The van der Waals surface area contributed by atoms with E-state index in [1.807, 2.05) is 55.5 Å². The Labute approximate surface area is 161 Å². The average Bonchev–Trinajstić information content (AvgIpc) is 2.66. The molecule has 26 heavy (non-hydrogen) atoms. The van der Waals surface area contributed by atoms with Gasteiger partial charge in [-0.25, -0.2) is 4.79 Å². The van der Waals surface area contributed by atoms with Crippen LogP contribution in [0.25, 0.3) is 0 Å². The fourth-order valence-corrected chi connectivity index (χ4v) is 3.42. The lowest BCUT2D eigenvalue weighted by Gasteiger charge is -2.34. The molecule has 3 rings (SSSR count). The highest BCUT2D eigenvalue weighted by atomic mass is 79.9. The highest BCUT2D eigenvalue weighted by Gasteiger charge is 2.26. The van der Waals surface area contributed by atoms with Gasteiger partial charge in [0.1, 0.15) is 6.61 Å². The van der Waals surface area contributed by atoms with Crippen LogP contribution in [0.2, 0.25) is 0 Å². The van der Waals surface area contributed by atoms with Crippen LogP contribution in [0.1, 0.15) is 21.5 Å². The number of piperazine rings is 1. The van der Waals surface area contributed by atoms with Crippen molar-refractivity contribution in [1.29, 1.82) is 0 Å². The molecule has 0 spiro atoms. The molecule has 1 aliphatic rings. The molecule has 6 heteroatoms. The number of rotatable bonds is 3. The molecule has 0 saturated carbocycles. The summed E-state index contributed by atoms with van der Waals surface area (Å²) in [7, 11) is 0. The Morgan fingerprint density at radius 2 is 1.65 bits per heavy atom. The van der Waals surface area contributed by atoms with Crippen LogP contribution in [0.5, 0.6) is 0 Å². The van der Waals surface area contributed by atoms with Crippen LogP contribution in [0.15, 0.2) is 53.0 Å². The Kier molecular flexibility index (Phi) is 5.93. The van der Waals surface area contributed by atoms with E-state index in [2.05, 4.69) is 15.9 Å². The van der Waals surface area contributed by atoms with Crippen molar-refractivity contribution < 1.29 is 14.3 Å². The van der Waals surface area contributed by atoms with Crippen LogP contribution < -0.4 is 0 Å². The highest BCUT2D eigenvalue weighted by molar-refractivity contribution is 9.10. The molecule has 0 N–H and O–H groups in total. The minimum Gasteiger partial charge on any atom is -0.445 e. The van der Waals surface area contributed by atoms with Gasteiger partial charge < -0.3 is 14.5 Å². The predicted octanol–water partition coefficient (Wildman–Crippen LogP) is 3.85. The van der Waals surface area contributed by atoms with Crippen molar-refractivity contribution in [2.75, 3.05) is 26.2 Å². The van der Waals surface area contributed by atoms with E-state index >= 15 is 0 Å². The molecule has 0 bridgehead atoms. The van der Waals surface area contributed by atoms with E-state index in [1.165, 1.54) is 0 Å². The molecule has 2 aromatic carbocycles. The molecule has 2 amide bonds. The van der Waals surface area contributed by atoms with Crippen LogP contribution in [0.3, 0.4) is 0 Å². The molecule has 0 aliphatic carbocycles. The van der Waals surface area contributed by atoms with Crippen molar-refractivity contribution in [1.82, 2.24) is 9.80 Å². The van der Waals surface area contributed by atoms with Gasteiger partial charge in [0.25, 0.3) is 5.91 Å². The van der Waals surface area contributed by atoms with E-state index in [1.54, 1.807) is 9.80 Å². The number of carbonyl (C=O) groups excluding carboxylic acids is 2. The summed E-state index contributed by atoms with van der Waals surface area (Å²) in [6.07, 6.45) is -0.333. The normalized spacial score (nSPS) is 14.2. The van der Waals surface area contributed by atoms with E-state index in [0.717, 1.165) is 15.6 Å². The van der Waals surface area contributed by atoms with Gasteiger partial charge in [-0.05, 0) is 36.2 Å². The third kappa shape index (κ3) is 4.43. The van der Waals surface area contributed by atoms with Crippen molar-refractivity contribution in [3.63, 3.8) is 0 Å². The van der Waals surface area contributed by atoms with Crippen molar-refractivity contribution in [2.45, 2.75) is 13.5 Å². The molecule has 0 radical (unpaired) electrons. The Morgan fingerprint density at radius 3 is 2.31 bits per heavy atom. The summed E-state index contributed by atoms with van der Waals surface area (Å²) < 4.78 is 6.31. The summed E-state index contributed by atoms with van der Waals surface area (Å²) in [6.45, 7) is 4.17. The number of aryl methyl sites for hydroxylation is 1. The molecule has 1 fully saturated rings. The first-order chi connectivity index (χ1) is 12.5. The largest absolute Gasteiger partial charge is 0.445 e. The zero-order chi connectivity index (χ0) is 18.5. The van der Waals surface area contributed by atoms with Gasteiger partial charge in [-0.3, -0.25) is 4.79 Å². The van der Waals surface area contributed by atoms with Gasteiger partial charge in [0.05, 0.1) is 0 Å². The topological polar surface area (TPSA) is 49.9 Å². The fourth-order valence-electron chi connectivity index (χ4n) is 2.94. The minimum atomic E-state index is -0.333. The van der Waals surface area contributed by atoms with Gasteiger partial charge in [0.15, 0.2) is 0 Å². The lowest BCUT2D eigenvalue weighted by atomic mass is 10.1. The predicted molar refractivity (Wildman–Crippen MR) is 103 cm³/mol. The maximum Gasteiger partial charge on any atom is 0.410 e. The summed E-state index contributed by atoms with van der Waals surface area (Å²) in [5.41, 5.74) is 2.60. The summed E-state index contributed by atoms with van der Waals surface area (Å²) in [4.78, 5) is 28.3. The van der Waals surface area contributed by atoms with Gasteiger partial charge in [0.2, 0.25) is 0 Å². The number of benzene rings is 2. The maximum absolute atomic E-state index is 12.7. The molecule has 0 atom stereocenters. The quantitative estimate of drug-likeness (QED) is 0.763. The zero-order valence-corrected chi connectivity index (χ0v) is 16.2. The Hall–Kier alpha value is -2.34. The summed E-state index contributed by atoms with van der Waals surface area (Å²) >= 11 is 3.41. The average molecular weight is 417 g/mol. The highest BCUT2D eigenvalue weighted by Crippen LogP contribution is 2.18. The van der Waals surface area contributed by atoms with Gasteiger partial charge in [-0.15, -0.1) is 0 Å². The van der Waals surface area contributed by atoms with Gasteiger partial charge in [0, 0.05) is 36.2 Å². The van der Waals surface area contributed by atoms with Gasteiger partial charge >= 0.3 is 6.09 Å². The smallest absolute Gasteiger partial charge is 0.410 e. The Balaban J connectivity index is 1.52. The molecule has 2 aromatic rings. The Morgan fingerprint density at radius 1 is 1.00 bits per heavy atom. The molecule has 1 saturated heterocycles. The monoisotopic (exact) mass is 416 g/mol. The summed E-state index contributed by atoms with van der Waals surface area (Å²) in [5.74, 6) is 0.00676. The molecular formula is C20H21BrN2O3. The minimum absolute atomic E-state index is 0.00676. The van der Waals surface area contributed by atoms with Crippen molar-refractivity contribution >= 4 is 27.9 Å². The maximum atomic E-state index is 12.7. The number of carbonyl (C=O) groups is 2. The van der Waals surface area contributed by atoms with Gasteiger partial charge in [-0.2, -0.15) is 0 Å². The molecule has 0 aromatic heterocycles.